The van der Waals surface area contributed by atoms with Crippen LogP contribution in [-0.2, 0) is 0 Å². The molecule has 1 N–H and O–H groups in total. The second-order valence-electron chi connectivity index (χ2n) is 5.86. The number of thiophene rings is 1. The molecule has 4 aromatic rings. The second kappa shape index (κ2) is 7.20. The van der Waals surface area contributed by atoms with Gasteiger partial charge in [0.05, 0.1) is 39.5 Å². The lowest BCUT2D eigenvalue weighted by Gasteiger charge is -2.12. The third-order valence-corrected chi connectivity index (χ3v) is 4.96. The minimum atomic E-state index is -0.265. The summed E-state index contributed by atoms with van der Waals surface area (Å²) < 4.78 is 10.9. The average Bonchev–Trinajstić information content (AvgIpc) is 3.33. The molecule has 0 unspecified atom stereocenters. The fourth-order valence-electron chi connectivity index (χ4n) is 2.87. The van der Waals surface area contributed by atoms with Crippen LogP contribution in [0.2, 0.25) is 0 Å². The van der Waals surface area contributed by atoms with Crippen LogP contribution in [0.15, 0.2) is 52.4 Å². The molecule has 4 rings (SSSR count). The molecule has 3 aromatic heterocycles. The predicted molar refractivity (Wildman–Crippen MR) is 105 cm³/mol. The number of hydrogen-bond acceptors (Lipinski definition) is 6. The number of ether oxygens (including phenoxy) is 1. The maximum Gasteiger partial charge on any atom is 0.259 e. The van der Waals surface area contributed by atoms with Gasteiger partial charge in [-0.15, -0.1) is 11.3 Å². The van der Waals surface area contributed by atoms with Crippen LogP contribution >= 0.6 is 11.3 Å². The molecule has 136 valence electrons. The van der Waals surface area contributed by atoms with Crippen molar-refractivity contribution in [2.75, 3.05) is 11.9 Å². The topological polar surface area (TPSA) is 77.2 Å². The minimum Gasteiger partial charge on any atom is -0.492 e. The zero-order valence-electron chi connectivity index (χ0n) is 14.9. The number of benzene rings is 1. The molecule has 3 heterocycles. The quantitative estimate of drug-likeness (QED) is 0.533. The van der Waals surface area contributed by atoms with Gasteiger partial charge in [0, 0.05) is 0 Å². The molecule has 0 aliphatic heterocycles. The van der Waals surface area contributed by atoms with Crippen molar-refractivity contribution < 1.29 is 14.1 Å². The van der Waals surface area contributed by atoms with Crippen molar-refractivity contribution in [3.05, 3.63) is 59.1 Å². The van der Waals surface area contributed by atoms with E-state index < -0.39 is 0 Å². The number of aryl methyl sites for hydroxylation is 1. The number of carbonyl (C=O) groups is 1. The summed E-state index contributed by atoms with van der Waals surface area (Å²) in [7, 11) is 0. The Balaban J connectivity index is 1.78. The van der Waals surface area contributed by atoms with Crippen LogP contribution in [0.5, 0.6) is 5.75 Å². The highest BCUT2D eigenvalue weighted by Crippen LogP contribution is 2.31. The first kappa shape index (κ1) is 17.2. The third-order valence-electron chi connectivity index (χ3n) is 4.07. The van der Waals surface area contributed by atoms with Crippen LogP contribution in [-0.4, -0.2) is 22.7 Å². The smallest absolute Gasteiger partial charge is 0.259 e. The Morgan fingerprint density at radius 3 is 2.89 bits per heavy atom. The van der Waals surface area contributed by atoms with Crippen LogP contribution in [0.25, 0.3) is 21.7 Å². The number of amides is 1. The lowest BCUT2D eigenvalue weighted by molar-refractivity contribution is 0.102. The fraction of sp³-hybridized carbons (Fsp3) is 0.150. The van der Waals surface area contributed by atoms with E-state index >= 15 is 0 Å². The maximum atomic E-state index is 13.1. The van der Waals surface area contributed by atoms with E-state index in [1.165, 1.54) is 0 Å². The maximum absolute atomic E-state index is 13.1. The molecular weight excluding hydrogens is 362 g/mol. The Bertz CT molecular complexity index is 1100. The molecule has 7 heteroatoms. The number of pyridine rings is 1. The van der Waals surface area contributed by atoms with Crippen LogP contribution in [0.4, 0.5) is 5.69 Å². The van der Waals surface area contributed by atoms with Gasteiger partial charge in [-0.1, -0.05) is 23.4 Å². The fourth-order valence-corrected chi connectivity index (χ4v) is 3.55. The zero-order chi connectivity index (χ0) is 18.8. The van der Waals surface area contributed by atoms with E-state index in [1.807, 2.05) is 48.7 Å². The minimum absolute atomic E-state index is 0.265. The Kier molecular flexibility index (Phi) is 4.60. The van der Waals surface area contributed by atoms with Crippen LogP contribution in [0.1, 0.15) is 23.0 Å². The highest BCUT2D eigenvalue weighted by molar-refractivity contribution is 7.13. The molecule has 0 aliphatic rings. The molecule has 0 radical (unpaired) electrons. The summed E-state index contributed by atoms with van der Waals surface area (Å²) in [5, 5.41) is 9.49. The number of aromatic nitrogens is 2. The molecular formula is C20H17N3O3S. The Morgan fingerprint density at radius 1 is 1.26 bits per heavy atom. The van der Waals surface area contributed by atoms with E-state index in [0.29, 0.717) is 46.1 Å². The van der Waals surface area contributed by atoms with Crippen LogP contribution in [0, 0.1) is 6.92 Å². The molecule has 0 spiro atoms. The molecule has 0 saturated heterocycles. The van der Waals surface area contributed by atoms with E-state index in [-0.39, 0.29) is 5.91 Å². The van der Waals surface area contributed by atoms with Gasteiger partial charge < -0.3 is 14.6 Å². The van der Waals surface area contributed by atoms with E-state index in [2.05, 4.69) is 15.5 Å². The standard InChI is InChI=1S/C20H17N3O3S/c1-3-25-16-8-5-4-7-14(16)21-19(24)13-11-15(17-9-6-10-27-17)22-20-18(13)12(2)23-26-20/h4-11H,3H2,1-2H3,(H,21,24). The zero-order valence-corrected chi connectivity index (χ0v) is 15.7. The number of anilines is 1. The number of para-hydroxylation sites is 2. The first-order chi connectivity index (χ1) is 13.2. The largest absolute Gasteiger partial charge is 0.492 e. The normalized spacial score (nSPS) is 10.9. The van der Waals surface area contributed by atoms with Crippen molar-refractivity contribution in [3.63, 3.8) is 0 Å². The monoisotopic (exact) mass is 379 g/mol. The first-order valence-corrected chi connectivity index (χ1v) is 9.39. The Hall–Kier alpha value is -3.19. The summed E-state index contributed by atoms with van der Waals surface area (Å²) in [6, 6.07) is 13.0. The molecule has 0 bridgehead atoms. The van der Waals surface area contributed by atoms with Crippen molar-refractivity contribution in [1.29, 1.82) is 0 Å². The van der Waals surface area contributed by atoms with Gasteiger partial charge in [0.1, 0.15) is 5.75 Å². The first-order valence-electron chi connectivity index (χ1n) is 8.51. The van der Waals surface area contributed by atoms with Crippen LogP contribution < -0.4 is 10.1 Å². The van der Waals surface area contributed by atoms with Gasteiger partial charge in [0.2, 0.25) is 0 Å². The number of carbonyl (C=O) groups excluding carboxylic acids is 1. The molecule has 0 fully saturated rings. The van der Waals surface area contributed by atoms with E-state index in [9.17, 15) is 4.79 Å². The SMILES string of the molecule is CCOc1ccccc1NC(=O)c1cc(-c2cccs2)nc2onc(C)c12. The Labute approximate surface area is 159 Å². The molecule has 0 saturated carbocycles. The molecule has 0 aliphatic carbocycles. The highest BCUT2D eigenvalue weighted by atomic mass is 32.1. The predicted octanol–water partition coefficient (Wildman–Crippen LogP) is 4.91. The van der Waals surface area contributed by atoms with Gasteiger partial charge >= 0.3 is 0 Å². The van der Waals surface area contributed by atoms with Crippen molar-refractivity contribution in [3.8, 4) is 16.3 Å². The van der Waals surface area contributed by atoms with Crippen molar-refractivity contribution in [2.24, 2.45) is 0 Å². The van der Waals surface area contributed by atoms with E-state index in [0.717, 1.165) is 4.88 Å². The number of nitrogens with one attached hydrogen (secondary N) is 1. The number of fused-ring (bicyclic) bond motifs is 1. The van der Waals surface area contributed by atoms with Crippen LogP contribution in [0.3, 0.4) is 0 Å². The summed E-state index contributed by atoms with van der Waals surface area (Å²) in [5.74, 6) is 0.359. The average molecular weight is 379 g/mol. The molecule has 1 aromatic carbocycles. The van der Waals surface area contributed by atoms with E-state index in [4.69, 9.17) is 9.26 Å². The van der Waals surface area contributed by atoms with Crippen molar-refractivity contribution >= 4 is 34.0 Å². The summed E-state index contributed by atoms with van der Waals surface area (Å²) in [6.07, 6.45) is 0. The van der Waals surface area contributed by atoms with Gasteiger partial charge in [0.25, 0.3) is 11.6 Å². The van der Waals surface area contributed by atoms with E-state index in [1.54, 1.807) is 24.3 Å². The summed E-state index contributed by atoms with van der Waals surface area (Å²) in [6.45, 7) is 4.21. The lowest BCUT2D eigenvalue weighted by atomic mass is 10.1. The molecule has 27 heavy (non-hydrogen) atoms. The van der Waals surface area contributed by atoms with Gasteiger partial charge in [-0.3, -0.25) is 4.79 Å². The summed E-state index contributed by atoms with van der Waals surface area (Å²) in [5.41, 5.74) is 2.73. The van der Waals surface area contributed by atoms with Gasteiger partial charge in [-0.25, -0.2) is 4.98 Å². The van der Waals surface area contributed by atoms with Gasteiger partial charge in [-0.05, 0) is 43.5 Å². The van der Waals surface area contributed by atoms with Crippen molar-refractivity contribution in [1.82, 2.24) is 10.1 Å². The number of nitrogens with zero attached hydrogens (tertiary/aromatic N) is 2. The lowest BCUT2D eigenvalue weighted by Crippen LogP contribution is -2.14. The summed E-state index contributed by atoms with van der Waals surface area (Å²) >= 11 is 1.55. The molecule has 6 nitrogen and oxygen atoms in total. The van der Waals surface area contributed by atoms with Gasteiger partial charge in [0.15, 0.2) is 0 Å². The number of hydrogen-bond donors (Lipinski definition) is 1. The molecule has 0 atom stereocenters. The second-order valence-corrected chi connectivity index (χ2v) is 6.81. The van der Waals surface area contributed by atoms with Gasteiger partial charge in [-0.2, -0.15) is 0 Å². The Morgan fingerprint density at radius 2 is 2.11 bits per heavy atom. The van der Waals surface area contributed by atoms with Crippen molar-refractivity contribution in [2.45, 2.75) is 13.8 Å². The molecule has 1 amide bonds. The highest BCUT2D eigenvalue weighted by Gasteiger charge is 2.20. The number of rotatable bonds is 5. The third kappa shape index (κ3) is 3.29. The summed E-state index contributed by atoms with van der Waals surface area (Å²) in [4.78, 5) is 18.6.